The van der Waals surface area contributed by atoms with Gasteiger partial charge in [-0.25, -0.2) is 14.4 Å². The Morgan fingerprint density at radius 1 is 1.27 bits per heavy atom. The van der Waals surface area contributed by atoms with Crippen LogP contribution in [0.15, 0.2) is 30.9 Å². The second-order valence-corrected chi connectivity index (χ2v) is 7.69. The predicted octanol–water partition coefficient (Wildman–Crippen LogP) is 3.27. The van der Waals surface area contributed by atoms with E-state index in [-0.39, 0.29) is 12.3 Å². The molecule has 30 heavy (non-hydrogen) atoms. The molecule has 4 aromatic rings. The first-order chi connectivity index (χ1) is 14.7. The molecular formula is C21H23FN6O2. The average molecular weight is 410 g/mol. The Morgan fingerprint density at radius 2 is 2.10 bits per heavy atom. The van der Waals surface area contributed by atoms with Crippen molar-refractivity contribution in [1.29, 1.82) is 0 Å². The maximum absolute atomic E-state index is 14.5. The van der Waals surface area contributed by atoms with Gasteiger partial charge in [0.05, 0.1) is 24.6 Å². The van der Waals surface area contributed by atoms with Crippen LogP contribution in [0.4, 0.5) is 10.3 Å². The molecule has 4 heterocycles. The number of H-pyrrole nitrogens is 1. The Hall–Kier alpha value is -3.04. The number of aromatic amines is 1. The highest BCUT2D eigenvalue weighted by atomic mass is 19.1. The van der Waals surface area contributed by atoms with Gasteiger partial charge in [0, 0.05) is 48.3 Å². The van der Waals surface area contributed by atoms with Crippen LogP contribution in [0, 0.1) is 5.82 Å². The zero-order valence-electron chi connectivity index (χ0n) is 16.6. The van der Waals surface area contributed by atoms with Gasteiger partial charge in [0.15, 0.2) is 11.5 Å². The number of pyridine rings is 1. The molecule has 3 N–H and O–H groups in total. The number of fused-ring (bicyclic) bond motifs is 2. The summed E-state index contributed by atoms with van der Waals surface area (Å²) in [4.78, 5) is 16.3. The van der Waals surface area contributed by atoms with Gasteiger partial charge in [-0.05, 0) is 31.7 Å². The highest BCUT2D eigenvalue weighted by Crippen LogP contribution is 2.30. The van der Waals surface area contributed by atoms with E-state index in [2.05, 4.69) is 25.3 Å². The molecule has 8 nitrogen and oxygen atoms in total. The number of hydrogen-bond donors (Lipinski definition) is 3. The zero-order valence-corrected chi connectivity index (χ0v) is 16.6. The predicted molar refractivity (Wildman–Crippen MR) is 111 cm³/mol. The van der Waals surface area contributed by atoms with Crippen molar-refractivity contribution in [2.24, 2.45) is 0 Å². The van der Waals surface area contributed by atoms with Crippen molar-refractivity contribution in [3.05, 3.63) is 42.4 Å². The number of halogens is 1. The van der Waals surface area contributed by atoms with Crippen LogP contribution >= 0.6 is 0 Å². The topological polar surface area (TPSA) is 100 Å². The number of anilines is 1. The Labute approximate surface area is 172 Å². The van der Waals surface area contributed by atoms with Gasteiger partial charge in [0.2, 0.25) is 5.95 Å². The van der Waals surface area contributed by atoms with Crippen LogP contribution in [-0.4, -0.2) is 48.7 Å². The number of imidazole rings is 1. The number of aliphatic hydroxyl groups is 1. The molecule has 0 unspecified atom stereocenters. The summed E-state index contributed by atoms with van der Waals surface area (Å²) in [7, 11) is 1.76. The first kappa shape index (κ1) is 19.0. The van der Waals surface area contributed by atoms with E-state index in [9.17, 15) is 9.50 Å². The van der Waals surface area contributed by atoms with Gasteiger partial charge >= 0.3 is 0 Å². The molecule has 156 valence electrons. The Bertz CT molecular complexity index is 1200. The van der Waals surface area contributed by atoms with Crippen molar-refractivity contribution in [1.82, 2.24) is 24.3 Å². The van der Waals surface area contributed by atoms with Gasteiger partial charge in [0.25, 0.3) is 0 Å². The quantitative estimate of drug-likeness (QED) is 0.467. The molecule has 5 rings (SSSR count). The number of nitrogens with zero attached hydrogens (tertiary/aromatic N) is 4. The molecule has 1 saturated carbocycles. The average Bonchev–Trinajstić information content (AvgIpc) is 3.38. The van der Waals surface area contributed by atoms with Crippen molar-refractivity contribution in [2.45, 2.75) is 44.4 Å². The third-order valence-corrected chi connectivity index (χ3v) is 5.88. The van der Waals surface area contributed by atoms with Crippen LogP contribution in [0.3, 0.4) is 0 Å². The lowest BCUT2D eigenvalue weighted by atomic mass is 9.93. The van der Waals surface area contributed by atoms with E-state index in [4.69, 9.17) is 4.74 Å². The van der Waals surface area contributed by atoms with Crippen LogP contribution in [-0.2, 0) is 11.3 Å². The van der Waals surface area contributed by atoms with Gasteiger partial charge < -0.3 is 20.1 Å². The van der Waals surface area contributed by atoms with Crippen LogP contribution in [0.5, 0.6) is 0 Å². The summed E-state index contributed by atoms with van der Waals surface area (Å²) < 4.78 is 21.5. The minimum absolute atomic E-state index is 0.188. The van der Waals surface area contributed by atoms with E-state index in [0.717, 1.165) is 36.6 Å². The minimum Gasteiger partial charge on any atom is -0.390 e. The van der Waals surface area contributed by atoms with Gasteiger partial charge in [-0.15, -0.1) is 0 Å². The lowest BCUT2D eigenvalue weighted by Gasteiger charge is -2.28. The van der Waals surface area contributed by atoms with E-state index in [1.165, 1.54) is 12.3 Å². The summed E-state index contributed by atoms with van der Waals surface area (Å²) in [6.45, 7) is -0.220. The largest absolute Gasteiger partial charge is 0.390 e. The molecule has 0 aliphatic heterocycles. The van der Waals surface area contributed by atoms with E-state index >= 15 is 0 Å². The molecular weight excluding hydrogens is 387 g/mol. The van der Waals surface area contributed by atoms with E-state index < -0.39 is 5.82 Å². The number of aliphatic hydroxyl groups excluding tert-OH is 1. The van der Waals surface area contributed by atoms with E-state index in [1.54, 1.807) is 30.1 Å². The summed E-state index contributed by atoms with van der Waals surface area (Å²) in [5.41, 5.74) is 2.84. The fourth-order valence-electron chi connectivity index (χ4n) is 4.20. The van der Waals surface area contributed by atoms with Gasteiger partial charge in [-0.2, -0.15) is 4.98 Å². The minimum atomic E-state index is -0.451. The van der Waals surface area contributed by atoms with Gasteiger partial charge in [0.1, 0.15) is 5.65 Å². The Balaban J connectivity index is 1.44. The molecule has 0 radical (unpaired) electrons. The molecule has 0 atom stereocenters. The number of rotatable bonds is 5. The lowest BCUT2D eigenvalue weighted by Crippen LogP contribution is -2.29. The normalized spacial score (nSPS) is 19.6. The lowest BCUT2D eigenvalue weighted by molar-refractivity contribution is 0.0681. The van der Waals surface area contributed by atoms with Crippen LogP contribution in [0.2, 0.25) is 0 Å². The molecule has 0 amide bonds. The van der Waals surface area contributed by atoms with Crippen LogP contribution in [0.25, 0.3) is 27.8 Å². The fourth-order valence-corrected chi connectivity index (χ4v) is 4.20. The van der Waals surface area contributed by atoms with Crippen molar-refractivity contribution >= 4 is 22.6 Å². The molecule has 1 fully saturated rings. The summed E-state index contributed by atoms with van der Waals surface area (Å²) in [5, 5.41) is 13.7. The third-order valence-electron chi connectivity index (χ3n) is 5.88. The standard InChI is InChI=1S/C21H23FN6O2/c1-30-15-4-2-13(3-5-15)26-21-25-9-17-16(8-23-19(17)27-21)12-6-18(22)20-24-7-14(11-29)28(20)10-12/h6-10,13,15,29H,2-5,11H2,1H3,(H2,23,25,26,27). The number of aromatic nitrogens is 5. The van der Waals surface area contributed by atoms with Crippen molar-refractivity contribution in [3.63, 3.8) is 0 Å². The van der Waals surface area contributed by atoms with Crippen LogP contribution < -0.4 is 5.32 Å². The number of hydrogen-bond acceptors (Lipinski definition) is 6. The van der Waals surface area contributed by atoms with E-state index in [1.807, 2.05) is 0 Å². The maximum Gasteiger partial charge on any atom is 0.224 e. The SMILES string of the molecule is COC1CCC(Nc2ncc3c(-c4cc(F)c5ncc(CO)n5c4)c[nH]c3n2)CC1. The van der Waals surface area contributed by atoms with E-state index in [0.29, 0.717) is 35.0 Å². The summed E-state index contributed by atoms with van der Waals surface area (Å²) in [6, 6.07) is 1.77. The Kier molecular flexibility index (Phi) is 4.84. The summed E-state index contributed by atoms with van der Waals surface area (Å²) >= 11 is 0. The molecule has 0 aromatic carbocycles. The summed E-state index contributed by atoms with van der Waals surface area (Å²) in [5.74, 6) is 0.128. The number of methoxy groups -OCH3 is 1. The number of nitrogens with one attached hydrogen (secondary N) is 2. The number of ether oxygens (including phenoxy) is 1. The molecule has 1 aliphatic carbocycles. The molecule has 0 saturated heterocycles. The highest BCUT2D eigenvalue weighted by molar-refractivity contribution is 5.93. The first-order valence-corrected chi connectivity index (χ1v) is 10.1. The molecule has 4 aromatic heterocycles. The van der Waals surface area contributed by atoms with Gasteiger partial charge in [-0.3, -0.25) is 4.40 Å². The van der Waals surface area contributed by atoms with Crippen LogP contribution in [0.1, 0.15) is 31.4 Å². The molecule has 0 spiro atoms. The third kappa shape index (κ3) is 3.29. The maximum atomic E-state index is 14.5. The van der Waals surface area contributed by atoms with Gasteiger partial charge in [-0.1, -0.05) is 0 Å². The monoisotopic (exact) mass is 410 g/mol. The van der Waals surface area contributed by atoms with Crippen molar-refractivity contribution in [2.75, 3.05) is 12.4 Å². The Morgan fingerprint density at radius 3 is 2.87 bits per heavy atom. The first-order valence-electron chi connectivity index (χ1n) is 10.1. The second kappa shape index (κ2) is 7.66. The molecule has 1 aliphatic rings. The smallest absolute Gasteiger partial charge is 0.224 e. The molecule has 0 bridgehead atoms. The summed E-state index contributed by atoms with van der Waals surface area (Å²) in [6.07, 6.45) is 11.2. The van der Waals surface area contributed by atoms with Crippen molar-refractivity contribution < 1.29 is 14.2 Å². The van der Waals surface area contributed by atoms with Crippen molar-refractivity contribution in [3.8, 4) is 11.1 Å². The second-order valence-electron chi connectivity index (χ2n) is 7.69. The highest BCUT2D eigenvalue weighted by Gasteiger charge is 2.21. The zero-order chi connectivity index (χ0) is 20.7. The molecule has 9 heteroatoms. The fraction of sp³-hybridized carbons (Fsp3) is 0.381.